The Bertz CT molecular complexity index is 805. The van der Waals surface area contributed by atoms with Crippen molar-refractivity contribution in [3.05, 3.63) is 47.7 Å². The molecule has 1 aromatic carbocycles. The van der Waals surface area contributed by atoms with E-state index >= 15 is 0 Å². The molecule has 1 amide bonds. The predicted octanol–water partition coefficient (Wildman–Crippen LogP) is 3.23. The first-order valence-electron chi connectivity index (χ1n) is 8.19. The molecule has 6 heteroatoms. The lowest BCUT2D eigenvalue weighted by Gasteiger charge is -2.22. The van der Waals surface area contributed by atoms with Gasteiger partial charge >= 0.3 is 5.97 Å². The van der Waals surface area contributed by atoms with Crippen LogP contribution in [0.5, 0.6) is 0 Å². The number of aliphatic carboxylic acids is 1. The van der Waals surface area contributed by atoms with Crippen LogP contribution in [-0.2, 0) is 4.79 Å². The Morgan fingerprint density at radius 2 is 1.88 bits per heavy atom. The molecule has 1 fully saturated rings. The van der Waals surface area contributed by atoms with Crippen molar-refractivity contribution in [2.45, 2.75) is 32.2 Å². The van der Waals surface area contributed by atoms with E-state index in [9.17, 15) is 14.4 Å². The summed E-state index contributed by atoms with van der Waals surface area (Å²) in [5.41, 5.74) is 1.38. The number of amides is 1. The van der Waals surface area contributed by atoms with Crippen LogP contribution in [0.3, 0.4) is 0 Å². The molecule has 1 aliphatic rings. The minimum absolute atomic E-state index is 0.0135. The van der Waals surface area contributed by atoms with Crippen molar-refractivity contribution in [1.82, 2.24) is 4.90 Å². The average Bonchev–Trinajstić information content (AvgIpc) is 3.23. The summed E-state index contributed by atoms with van der Waals surface area (Å²) in [7, 11) is 0. The molecule has 0 saturated carbocycles. The molecule has 6 nitrogen and oxygen atoms in total. The topological polar surface area (TPSA) is 87.8 Å². The van der Waals surface area contributed by atoms with Gasteiger partial charge in [-0.05, 0) is 31.9 Å². The van der Waals surface area contributed by atoms with Crippen molar-refractivity contribution in [2.24, 2.45) is 0 Å². The Morgan fingerprint density at radius 1 is 1.16 bits per heavy atom. The van der Waals surface area contributed by atoms with Gasteiger partial charge in [0.1, 0.15) is 5.76 Å². The summed E-state index contributed by atoms with van der Waals surface area (Å²) in [6.45, 7) is 2.04. The zero-order valence-corrected chi connectivity index (χ0v) is 13.9. The van der Waals surface area contributed by atoms with Gasteiger partial charge in [-0.1, -0.05) is 24.3 Å². The van der Waals surface area contributed by atoms with Gasteiger partial charge in [-0.15, -0.1) is 0 Å². The molecule has 1 atom stereocenters. The Balaban J connectivity index is 1.77. The summed E-state index contributed by atoms with van der Waals surface area (Å²) >= 11 is 0. The Morgan fingerprint density at radius 3 is 2.52 bits per heavy atom. The van der Waals surface area contributed by atoms with Gasteiger partial charge in [0.25, 0.3) is 5.91 Å². The fraction of sp³-hybridized carbons (Fsp3) is 0.316. The summed E-state index contributed by atoms with van der Waals surface area (Å²) in [5, 5.41) is 8.97. The van der Waals surface area contributed by atoms with E-state index in [1.54, 1.807) is 41.3 Å². The van der Waals surface area contributed by atoms with Gasteiger partial charge in [-0.25, -0.2) is 0 Å². The molecule has 1 unspecified atom stereocenters. The second-order valence-corrected chi connectivity index (χ2v) is 6.19. The van der Waals surface area contributed by atoms with Crippen molar-refractivity contribution in [3.8, 4) is 11.3 Å². The first-order chi connectivity index (χ1) is 12.0. The van der Waals surface area contributed by atoms with Crippen LogP contribution in [-0.4, -0.2) is 40.3 Å². The number of carboxylic acid groups (broad SMARTS) is 1. The molecule has 2 aromatic rings. The third kappa shape index (κ3) is 3.63. The van der Waals surface area contributed by atoms with Gasteiger partial charge < -0.3 is 14.4 Å². The number of benzene rings is 1. The molecule has 130 valence electrons. The second-order valence-electron chi connectivity index (χ2n) is 6.19. The van der Waals surface area contributed by atoms with E-state index in [1.807, 2.05) is 0 Å². The molecule has 0 spiro atoms. The largest absolute Gasteiger partial charge is 0.481 e. The molecule has 0 radical (unpaired) electrons. The van der Waals surface area contributed by atoms with E-state index in [-0.39, 0.29) is 29.9 Å². The molecule has 25 heavy (non-hydrogen) atoms. The third-order valence-electron chi connectivity index (χ3n) is 4.44. The van der Waals surface area contributed by atoms with E-state index in [0.29, 0.717) is 24.3 Å². The van der Waals surface area contributed by atoms with E-state index < -0.39 is 5.97 Å². The standard InChI is InChI=1S/C19H19NO5/c1-12(21)13-4-6-14(7-5-13)16-8-9-17(25-16)19(24)20-10-2-3-15(20)11-18(22)23/h4-9,15H,2-3,10-11H2,1H3,(H,22,23). The molecule has 1 aliphatic heterocycles. The lowest BCUT2D eigenvalue weighted by atomic mass is 10.1. The maximum atomic E-state index is 12.6. The first-order valence-corrected chi connectivity index (χ1v) is 8.19. The lowest BCUT2D eigenvalue weighted by molar-refractivity contribution is -0.137. The van der Waals surface area contributed by atoms with Gasteiger partial charge in [0.05, 0.1) is 6.42 Å². The third-order valence-corrected chi connectivity index (χ3v) is 4.44. The van der Waals surface area contributed by atoms with Gasteiger partial charge in [0.15, 0.2) is 11.5 Å². The minimum Gasteiger partial charge on any atom is -0.481 e. The summed E-state index contributed by atoms with van der Waals surface area (Å²) < 4.78 is 5.67. The molecule has 1 aromatic heterocycles. The highest BCUT2D eigenvalue weighted by atomic mass is 16.4. The average molecular weight is 341 g/mol. The maximum absolute atomic E-state index is 12.6. The molecule has 1 N–H and O–H groups in total. The van der Waals surface area contributed by atoms with Gasteiger partial charge in [-0.3, -0.25) is 14.4 Å². The highest BCUT2D eigenvalue weighted by Gasteiger charge is 2.32. The normalized spacial score (nSPS) is 16.8. The van der Waals surface area contributed by atoms with E-state index in [0.717, 1.165) is 12.0 Å². The van der Waals surface area contributed by atoms with Crippen LogP contribution in [0.25, 0.3) is 11.3 Å². The molecule has 3 rings (SSSR count). The summed E-state index contributed by atoms with van der Waals surface area (Å²) in [6.07, 6.45) is 1.44. The zero-order chi connectivity index (χ0) is 18.0. The van der Waals surface area contributed by atoms with Crippen molar-refractivity contribution in [2.75, 3.05) is 6.54 Å². The first kappa shape index (κ1) is 17.0. The number of carbonyl (C=O) groups is 3. The molecule has 0 bridgehead atoms. The highest BCUT2D eigenvalue weighted by Crippen LogP contribution is 2.27. The van der Waals surface area contributed by atoms with Crippen molar-refractivity contribution in [1.29, 1.82) is 0 Å². The smallest absolute Gasteiger partial charge is 0.305 e. The van der Waals surface area contributed by atoms with Gasteiger partial charge in [0.2, 0.25) is 0 Å². The molecule has 1 saturated heterocycles. The summed E-state index contributed by atoms with van der Waals surface area (Å²) in [5.74, 6) is -0.471. The fourth-order valence-electron chi connectivity index (χ4n) is 3.14. The summed E-state index contributed by atoms with van der Waals surface area (Å²) in [4.78, 5) is 36.5. The van der Waals surface area contributed by atoms with Crippen LogP contribution < -0.4 is 0 Å². The number of hydrogen-bond donors (Lipinski definition) is 1. The van der Waals surface area contributed by atoms with Crippen LogP contribution in [0.4, 0.5) is 0 Å². The second kappa shape index (κ2) is 6.93. The van der Waals surface area contributed by atoms with E-state index in [1.165, 1.54) is 6.92 Å². The van der Waals surface area contributed by atoms with Crippen LogP contribution in [0.1, 0.15) is 47.1 Å². The van der Waals surface area contributed by atoms with Crippen molar-refractivity contribution in [3.63, 3.8) is 0 Å². The number of hydrogen-bond acceptors (Lipinski definition) is 4. The lowest BCUT2D eigenvalue weighted by Crippen LogP contribution is -2.36. The van der Waals surface area contributed by atoms with Crippen LogP contribution in [0.15, 0.2) is 40.8 Å². The van der Waals surface area contributed by atoms with Crippen LogP contribution in [0.2, 0.25) is 0 Å². The number of ketones is 1. The number of carbonyl (C=O) groups excluding carboxylic acids is 2. The Kier molecular flexibility index (Phi) is 4.70. The van der Waals surface area contributed by atoms with Gasteiger partial charge in [-0.2, -0.15) is 0 Å². The quantitative estimate of drug-likeness (QED) is 0.844. The maximum Gasteiger partial charge on any atom is 0.305 e. The Labute approximate surface area is 145 Å². The number of carboxylic acids is 1. The van der Waals surface area contributed by atoms with Crippen LogP contribution in [0, 0.1) is 0 Å². The SMILES string of the molecule is CC(=O)c1ccc(-c2ccc(C(=O)N3CCCC3CC(=O)O)o2)cc1. The predicted molar refractivity (Wildman–Crippen MR) is 90.5 cm³/mol. The van der Waals surface area contributed by atoms with Crippen molar-refractivity contribution < 1.29 is 23.9 Å². The Hall–Kier alpha value is -2.89. The molecule has 0 aliphatic carbocycles. The van der Waals surface area contributed by atoms with Crippen LogP contribution >= 0.6 is 0 Å². The van der Waals surface area contributed by atoms with Crippen molar-refractivity contribution >= 4 is 17.7 Å². The molecular weight excluding hydrogens is 322 g/mol. The number of likely N-dealkylation sites (tertiary alicyclic amines) is 1. The van der Waals surface area contributed by atoms with Gasteiger partial charge in [0, 0.05) is 23.7 Å². The number of nitrogens with zero attached hydrogens (tertiary/aromatic N) is 1. The fourth-order valence-corrected chi connectivity index (χ4v) is 3.14. The molecule has 2 heterocycles. The number of rotatable bonds is 5. The molecular formula is C19H19NO5. The summed E-state index contributed by atoms with van der Waals surface area (Å²) in [6, 6.07) is 9.99. The minimum atomic E-state index is -0.907. The van der Waals surface area contributed by atoms with E-state index in [4.69, 9.17) is 9.52 Å². The number of Topliss-reactive ketones (excluding diaryl/α,β-unsaturated/α-hetero) is 1. The zero-order valence-electron chi connectivity index (χ0n) is 13.9. The number of furan rings is 1. The highest BCUT2D eigenvalue weighted by molar-refractivity contribution is 5.95. The van der Waals surface area contributed by atoms with E-state index in [2.05, 4.69) is 0 Å². The monoisotopic (exact) mass is 341 g/mol.